The van der Waals surface area contributed by atoms with Gasteiger partial charge in [0.15, 0.2) is 5.78 Å². The number of aliphatic hydroxyl groups excluding tert-OH is 3. The van der Waals surface area contributed by atoms with Crippen LogP contribution in [0.25, 0.3) is 0 Å². The van der Waals surface area contributed by atoms with E-state index in [1.165, 1.54) is 0 Å². The summed E-state index contributed by atoms with van der Waals surface area (Å²) in [5.41, 5.74) is 0. The molecule has 0 saturated heterocycles. The minimum absolute atomic E-state index is 0.216. The van der Waals surface area contributed by atoms with Gasteiger partial charge in [-0.05, 0) is 18.8 Å². The zero-order chi connectivity index (χ0) is 13.5. The zero-order valence-corrected chi connectivity index (χ0v) is 10.7. The van der Waals surface area contributed by atoms with E-state index in [1.807, 2.05) is 24.3 Å². The molecule has 0 aromatic heterocycles. The molecule has 1 aliphatic carbocycles. The summed E-state index contributed by atoms with van der Waals surface area (Å²) in [5.74, 6) is -1.30. The van der Waals surface area contributed by atoms with E-state index >= 15 is 0 Å². The Morgan fingerprint density at radius 2 is 2.06 bits per heavy atom. The van der Waals surface area contributed by atoms with E-state index in [-0.39, 0.29) is 12.5 Å². The summed E-state index contributed by atoms with van der Waals surface area (Å²) in [7, 11) is 0. The van der Waals surface area contributed by atoms with Crippen molar-refractivity contribution in [3.05, 3.63) is 24.3 Å². The van der Waals surface area contributed by atoms with E-state index in [4.69, 9.17) is 0 Å². The number of unbranched alkanes of at least 4 members (excludes halogenated alkanes) is 1. The van der Waals surface area contributed by atoms with Crippen LogP contribution in [0.3, 0.4) is 0 Å². The summed E-state index contributed by atoms with van der Waals surface area (Å²) in [6, 6.07) is 0. The lowest BCUT2D eigenvalue weighted by Gasteiger charge is -2.33. The van der Waals surface area contributed by atoms with Crippen LogP contribution in [-0.4, -0.2) is 39.9 Å². The summed E-state index contributed by atoms with van der Waals surface area (Å²) in [5, 5.41) is 28.2. The molecule has 1 aliphatic rings. The third kappa shape index (κ3) is 3.77. The number of Topliss-reactive ketones (excluding diaryl/α,β-unsaturated/α-hetero) is 1. The first kappa shape index (κ1) is 15.1. The lowest BCUT2D eigenvalue weighted by Crippen LogP contribution is -2.48. The molecule has 0 aliphatic heterocycles. The SMILES string of the molecule is CCC/C=C\C=C/[C@@H]1C[C@H](O)[C@H](O)C(=O)[C@@H]1CO. The highest BCUT2D eigenvalue weighted by atomic mass is 16.3. The van der Waals surface area contributed by atoms with E-state index in [2.05, 4.69) is 6.92 Å². The Balaban J connectivity index is 2.65. The molecular formula is C14H22O4. The van der Waals surface area contributed by atoms with Crippen molar-refractivity contribution in [1.82, 2.24) is 0 Å². The Bertz CT molecular complexity index is 322. The standard InChI is InChI=1S/C14H22O4/c1-2-3-4-5-6-7-10-8-12(16)14(18)13(17)11(10)9-15/h4-7,10-12,14-16,18H,2-3,8-9H2,1H3/b5-4-,7-6-/t10-,11-,12+,14+/m1/s1. The van der Waals surface area contributed by atoms with Gasteiger partial charge in [0.05, 0.1) is 12.7 Å². The second kappa shape index (κ2) is 7.46. The van der Waals surface area contributed by atoms with Crippen molar-refractivity contribution in [1.29, 1.82) is 0 Å². The average molecular weight is 254 g/mol. The molecule has 1 saturated carbocycles. The highest BCUT2D eigenvalue weighted by molar-refractivity contribution is 5.87. The third-order valence-electron chi connectivity index (χ3n) is 3.31. The van der Waals surface area contributed by atoms with Crippen LogP contribution >= 0.6 is 0 Å². The fourth-order valence-electron chi connectivity index (χ4n) is 2.18. The van der Waals surface area contributed by atoms with Gasteiger partial charge >= 0.3 is 0 Å². The summed E-state index contributed by atoms with van der Waals surface area (Å²) < 4.78 is 0. The van der Waals surface area contributed by atoms with Crippen molar-refractivity contribution in [2.75, 3.05) is 6.61 Å². The van der Waals surface area contributed by atoms with Crippen molar-refractivity contribution in [3.8, 4) is 0 Å². The molecule has 0 bridgehead atoms. The number of carbonyl (C=O) groups excluding carboxylic acids is 1. The molecule has 0 radical (unpaired) electrons. The van der Waals surface area contributed by atoms with Crippen LogP contribution in [-0.2, 0) is 4.79 Å². The molecule has 0 amide bonds. The van der Waals surface area contributed by atoms with Gasteiger partial charge in [-0.2, -0.15) is 0 Å². The highest BCUT2D eigenvalue weighted by Crippen LogP contribution is 2.28. The molecule has 1 fully saturated rings. The van der Waals surface area contributed by atoms with E-state index in [0.717, 1.165) is 12.8 Å². The zero-order valence-electron chi connectivity index (χ0n) is 10.7. The van der Waals surface area contributed by atoms with Crippen LogP contribution in [0, 0.1) is 11.8 Å². The normalized spacial score (nSPS) is 33.7. The largest absolute Gasteiger partial charge is 0.396 e. The maximum atomic E-state index is 11.7. The first-order valence-electron chi connectivity index (χ1n) is 6.45. The van der Waals surface area contributed by atoms with Crippen molar-refractivity contribution in [2.45, 2.75) is 38.4 Å². The molecule has 4 heteroatoms. The second-order valence-electron chi connectivity index (χ2n) is 4.70. The van der Waals surface area contributed by atoms with Crippen molar-refractivity contribution in [3.63, 3.8) is 0 Å². The molecule has 18 heavy (non-hydrogen) atoms. The van der Waals surface area contributed by atoms with E-state index in [9.17, 15) is 20.1 Å². The van der Waals surface area contributed by atoms with Gasteiger partial charge in [0.2, 0.25) is 0 Å². The topological polar surface area (TPSA) is 77.8 Å². The van der Waals surface area contributed by atoms with Crippen LogP contribution in [0.4, 0.5) is 0 Å². The predicted octanol–water partition coefficient (Wildman–Crippen LogP) is 0.818. The number of hydrogen-bond donors (Lipinski definition) is 3. The number of aliphatic hydroxyl groups is 3. The molecule has 0 heterocycles. The highest BCUT2D eigenvalue weighted by Gasteiger charge is 2.40. The quantitative estimate of drug-likeness (QED) is 0.635. The van der Waals surface area contributed by atoms with Gasteiger partial charge in [-0.3, -0.25) is 4.79 Å². The molecular weight excluding hydrogens is 232 g/mol. The van der Waals surface area contributed by atoms with Crippen LogP contribution in [0.1, 0.15) is 26.2 Å². The maximum absolute atomic E-state index is 11.7. The van der Waals surface area contributed by atoms with E-state index in [0.29, 0.717) is 6.42 Å². The van der Waals surface area contributed by atoms with Crippen LogP contribution < -0.4 is 0 Å². The molecule has 4 nitrogen and oxygen atoms in total. The van der Waals surface area contributed by atoms with Gasteiger partial charge in [-0.25, -0.2) is 0 Å². The fourth-order valence-corrected chi connectivity index (χ4v) is 2.18. The molecule has 0 aromatic rings. The van der Waals surface area contributed by atoms with Gasteiger partial charge in [-0.1, -0.05) is 37.6 Å². The Kier molecular flexibility index (Phi) is 6.25. The lowest BCUT2D eigenvalue weighted by molar-refractivity contribution is -0.146. The molecule has 0 spiro atoms. The van der Waals surface area contributed by atoms with Gasteiger partial charge in [-0.15, -0.1) is 0 Å². The monoisotopic (exact) mass is 254 g/mol. The van der Waals surface area contributed by atoms with Crippen molar-refractivity contribution >= 4 is 5.78 Å². The van der Waals surface area contributed by atoms with E-state index < -0.39 is 23.9 Å². The van der Waals surface area contributed by atoms with Gasteiger partial charge < -0.3 is 15.3 Å². The fraction of sp³-hybridized carbons (Fsp3) is 0.643. The Morgan fingerprint density at radius 3 is 2.67 bits per heavy atom. The van der Waals surface area contributed by atoms with E-state index in [1.54, 1.807) is 0 Å². The van der Waals surface area contributed by atoms with Gasteiger partial charge in [0, 0.05) is 5.92 Å². The number of rotatable bonds is 5. The van der Waals surface area contributed by atoms with Crippen molar-refractivity contribution in [2.24, 2.45) is 11.8 Å². The predicted molar refractivity (Wildman–Crippen MR) is 68.9 cm³/mol. The second-order valence-corrected chi connectivity index (χ2v) is 4.70. The van der Waals surface area contributed by atoms with Crippen LogP contribution in [0.15, 0.2) is 24.3 Å². The van der Waals surface area contributed by atoms with Crippen molar-refractivity contribution < 1.29 is 20.1 Å². The van der Waals surface area contributed by atoms with Gasteiger partial charge in [0.1, 0.15) is 6.10 Å². The summed E-state index contributed by atoms with van der Waals surface area (Å²) in [6.45, 7) is 1.80. The Labute approximate surface area is 108 Å². The summed E-state index contributed by atoms with van der Waals surface area (Å²) in [4.78, 5) is 11.7. The molecule has 0 aromatic carbocycles. The maximum Gasteiger partial charge on any atom is 0.169 e. The molecule has 0 unspecified atom stereocenters. The molecule has 102 valence electrons. The lowest BCUT2D eigenvalue weighted by atomic mass is 9.75. The first-order valence-corrected chi connectivity index (χ1v) is 6.45. The minimum Gasteiger partial charge on any atom is -0.396 e. The molecule has 4 atom stereocenters. The molecule has 3 N–H and O–H groups in total. The van der Waals surface area contributed by atoms with Gasteiger partial charge in [0.25, 0.3) is 0 Å². The number of allylic oxidation sites excluding steroid dienone is 4. The summed E-state index contributed by atoms with van der Waals surface area (Å²) >= 11 is 0. The molecule has 1 rings (SSSR count). The number of carbonyl (C=O) groups is 1. The Hall–Kier alpha value is -0.970. The number of ketones is 1. The third-order valence-corrected chi connectivity index (χ3v) is 3.31. The Morgan fingerprint density at radius 1 is 1.33 bits per heavy atom. The first-order chi connectivity index (χ1) is 8.61. The van der Waals surface area contributed by atoms with Crippen LogP contribution in [0.5, 0.6) is 0 Å². The van der Waals surface area contributed by atoms with Crippen LogP contribution in [0.2, 0.25) is 0 Å². The smallest absolute Gasteiger partial charge is 0.169 e. The number of hydrogen-bond acceptors (Lipinski definition) is 4. The minimum atomic E-state index is -1.36. The summed E-state index contributed by atoms with van der Waals surface area (Å²) in [6.07, 6.45) is 7.57. The average Bonchev–Trinajstić information content (AvgIpc) is 2.36.